The minimum absolute atomic E-state index is 0. The van der Waals surface area contributed by atoms with E-state index in [-0.39, 0.29) is 12.4 Å². The SMILES string of the molecule is Cl.O=C(NO)c1sccc1Br. The van der Waals surface area contributed by atoms with Crippen LogP contribution in [0.4, 0.5) is 0 Å². The molecule has 0 aliphatic heterocycles. The summed E-state index contributed by atoms with van der Waals surface area (Å²) in [5.74, 6) is -0.484. The average Bonchev–Trinajstić information content (AvgIpc) is 2.34. The fraction of sp³-hybridized carbons (Fsp3) is 0. The van der Waals surface area contributed by atoms with Crippen LogP contribution in [0.2, 0.25) is 0 Å². The van der Waals surface area contributed by atoms with E-state index < -0.39 is 5.91 Å². The van der Waals surface area contributed by atoms with Crippen molar-refractivity contribution in [2.45, 2.75) is 0 Å². The molecule has 1 aromatic rings. The van der Waals surface area contributed by atoms with E-state index in [0.717, 1.165) is 0 Å². The third-order valence-corrected chi connectivity index (χ3v) is 2.76. The first-order valence-corrected chi connectivity index (χ1v) is 4.10. The van der Waals surface area contributed by atoms with E-state index >= 15 is 0 Å². The molecule has 1 amide bonds. The first-order chi connectivity index (χ1) is 4.75. The molecule has 0 radical (unpaired) electrons. The Kier molecular flexibility index (Phi) is 4.67. The van der Waals surface area contributed by atoms with E-state index in [1.54, 1.807) is 16.9 Å². The van der Waals surface area contributed by atoms with Gasteiger partial charge in [0.1, 0.15) is 4.88 Å². The summed E-state index contributed by atoms with van der Waals surface area (Å²) < 4.78 is 0.698. The van der Waals surface area contributed by atoms with Crippen LogP contribution >= 0.6 is 39.7 Å². The number of halogens is 2. The zero-order valence-electron chi connectivity index (χ0n) is 5.20. The second-order valence-electron chi connectivity index (χ2n) is 1.54. The first kappa shape index (κ1) is 10.9. The highest BCUT2D eigenvalue weighted by Gasteiger charge is 2.08. The minimum Gasteiger partial charge on any atom is -0.288 e. The molecule has 3 nitrogen and oxygen atoms in total. The number of hydrogen-bond acceptors (Lipinski definition) is 3. The van der Waals surface area contributed by atoms with E-state index in [2.05, 4.69) is 15.9 Å². The fourth-order valence-corrected chi connectivity index (χ4v) is 1.95. The predicted octanol–water partition coefficient (Wildman–Crippen LogP) is 2.05. The lowest BCUT2D eigenvalue weighted by atomic mass is 10.5. The van der Waals surface area contributed by atoms with Crippen molar-refractivity contribution < 1.29 is 10.0 Å². The summed E-state index contributed by atoms with van der Waals surface area (Å²) in [6.07, 6.45) is 0. The zero-order valence-corrected chi connectivity index (χ0v) is 8.42. The van der Waals surface area contributed by atoms with Gasteiger partial charge in [0.2, 0.25) is 0 Å². The summed E-state index contributed by atoms with van der Waals surface area (Å²) in [6.45, 7) is 0. The van der Waals surface area contributed by atoms with Gasteiger partial charge < -0.3 is 0 Å². The minimum atomic E-state index is -0.484. The lowest BCUT2D eigenvalue weighted by Gasteiger charge is -1.92. The molecule has 2 N–H and O–H groups in total. The molecule has 6 heteroatoms. The van der Waals surface area contributed by atoms with Crippen LogP contribution in [-0.2, 0) is 0 Å². The Labute approximate surface area is 81.9 Å². The fourth-order valence-electron chi connectivity index (χ4n) is 0.507. The lowest BCUT2D eigenvalue weighted by Crippen LogP contribution is -2.17. The Balaban J connectivity index is 0.000001000. The van der Waals surface area contributed by atoms with E-state index in [4.69, 9.17) is 5.21 Å². The number of nitrogens with one attached hydrogen (secondary N) is 1. The van der Waals surface area contributed by atoms with Gasteiger partial charge >= 0.3 is 0 Å². The number of hydrogen-bond donors (Lipinski definition) is 2. The summed E-state index contributed by atoms with van der Waals surface area (Å²) in [5.41, 5.74) is 1.55. The third-order valence-electron chi connectivity index (χ3n) is 0.925. The Morgan fingerprint density at radius 1 is 1.73 bits per heavy atom. The molecule has 1 rings (SSSR count). The van der Waals surface area contributed by atoms with Gasteiger partial charge in [-0.15, -0.1) is 23.7 Å². The number of carbonyl (C=O) groups excluding carboxylic acids is 1. The predicted molar refractivity (Wildman–Crippen MR) is 48.5 cm³/mol. The molecule has 0 aromatic carbocycles. The monoisotopic (exact) mass is 257 g/mol. The molecule has 0 bridgehead atoms. The van der Waals surface area contributed by atoms with Gasteiger partial charge in [-0.25, -0.2) is 5.48 Å². The maximum absolute atomic E-state index is 10.7. The number of thiophene rings is 1. The lowest BCUT2D eigenvalue weighted by molar-refractivity contribution is 0.0710. The summed E-state index contributed by atoms with van der Waals surface area (Å²) >= 11 is 4.41. The van der Waals surface area contributed by atoms with Crippen molar-refractivity contribution >= 4 is 45.6 Å². The van der Waals surface area contributed by atoms with Crippen molar-refractivity contribution in [3.8, 4) is 0 Å². The molecule has 0 fully saturated rings. The van der Waals surface area contributed by atoms with Crippen LogP contribution in [0.15, 0.2) is 15.9 Å². The van der Waals surface area contributed by atoms with Crippen molar-refractivity contribution in [3.63, 3.8) is 0 Å². The molecule has 62 valence electrons. The molecule has 0 unspecified atom stereocenters. The van der Waals surface area contributed by atoms with Gasteiger partial charge in [-0.3, -0.25) is 10.0 Å². The highest BCUT2D eigenvalue weighted by atomic mass is 79.9. The van der Waals surface area contributed by atoms with Crippen LogP contribution in [0.25, 0.3) is 0 Å². The second kappa shape index (κ2) is 4.71. The molecule has 0 atom stereocenters. The van der Waals surface area contributed by atoms with E-state index in [1.165, 1.54) is 11.3 Å². The van der Waals surface area contributed by atoms with Gasteiger partial charge in [-0.05, 0) is 27.4 Å². The molecule has 0 saturated heterocycles. The molecule has 0 saturated carbocycles. The second-order valence-corrected chi connectivity index (χ2v) is 3.31. The van der Waals surface area contributed by atoms with Gasteiger partial charge in [-0.1, -0.05) is 0 Å². The Morgan fingerprint density at radius 2 is 2.36 bits per heavy atom. The molecule has 11 heavy (non-hydrogen) atoms. The molecule has 1 heterocycles. The van der Waals surface area contributed by atoms with Crippen molar-refractivity contribution in [2.24, 2.45) is 0 Å². The number of hydroxylamine groups is 1. The van der Waals surface area contributed by atoms with Gasteiger partial charge in [0.05, 0.1) is 0 Å². The zero-order chi connectivity index (χ0) is 7.56. The van der Waals surface area contributed by atoms with Crippen molar-refractivity contribution in [1.82, 2.24) is 5.48 Å². The van der Waals surface area contributed by atoms with Crippen LogP contribution in [0.5, 0.6) is 0 Å². The van der Waals surface area contributed by atoms with Gasteiger partial charge in [-0.2, -0.15) is 0 Å². The van der Waals surface area contributed by atoms with Crippen LogP contribution in [0.3, 0.4) is 0 Å². The standard InChI is InChI=1S/C5H4BrNO2S.ClH/c6-3-1-2-10-4(3)5(8)7-9;/h1-2,9H,(H,7,8);1H. The van der Waals surface area contributed by atoms with Gasteiger partial charge in [0.15, 0.2) is 0 Å². The van der Waals surface area contributed by atoms with Crippen LogP contribution in [0, 0.1) is 0 Å². The largest absolute Gasteiger partial charge is 0.288 e. The number of rotatable bonds is 1. The van der Waals surface area contributed by atoms with E-state index in [1.807, 2.05) is 0 Å². The molecule has 1 aromatic heterocycles. The van der Waals surface area contributed by atoms with E-state index in [0.29, 0.717) is 9.35 Å². The molecule has 0 aliphatic rings. The molecular weight excluding hydrogens is 253 g/mol. The summed E-state index contributed by atoms with van der Waals surface area (Å²) in [6, 6.07) is 1.75. The topological polar surface area (TPSA) is 49.3 Å². The smallest absolute Gasteiger partial charge is 0.285 e. The van der Waals surface area contributed by atoms with Crippen molar-refractivity contribution in [1.29, 1.82) is 0 Å². The highest BCUT2D eigenvalue weighted by molar-refractivity contribution is 9.10. The Hall–Kier alpha value is -0.100. The molecule has 0 aliphatic carbocycles. The Morgan fingerprint density at radius 3 is 2.73 bits per heavy atom. The van der Waals surface area contributed by atoms with Crippen LogP contribution < -0.4 is 5.48 Å². The number of carbonyl (C=O) groups is 1. The normalized spacial score (nSPS) is 8.55. The van der Waals surface area contributed by atoms with E-state index in [9.17, 15) is 4.79 Å². The van der Waals surface area contributed by atoms with Crippen LogP contribution in [0.1, 0.15) is 9.67 Å². The third kappa shape index (κ3) is 2.44. The van der Waals surface area contributed by atoms with Gasteiger partial charge in [0.25, 0.3) is 5.91 Å². The number of amides is 1. The highest BCUT2D eigenvalue weighted by Crippen LogP contribution is 2.21. The quantitative estimate of drug-likeness (QED) is 0.598. The van der Waals surface area contributed by atoms with Gasteiger partial charge in [0, 0.05) is 4.47 Å². The molecular formula is C5H5BrClNO2S. The van der Waals surface area contributed by atoms with Crippen LogP contribution in [-0.4, -0.2) is 11.1 Å². The molecule has 0 spiro atoms. The maximum atomic E-state index is 10.7. The van der Waals surface area contributed by atoms with Crippen molar-refractivity contribution in [2.75, 3.05) is 0 Å². The average molecular weight is 259 g/mol. The Bertz CT molecular complexity index is 252. The summed E-state index contributed by atoms with van der Waals surface area (Å²) in [4.78, 5) is 11.2. The maximum Gasteiger partial charge on any atom is 0.285 e. The summed E-state index contributed by atoms with van der Waals surface area (Å²) in [7, 11) is 0. The first-order valence-electron chi connectivity index (χ1n) is 2.43. The van der Waals surface area contributed by atoms with Crippen molar-refractivity contribution in [3.05, 3.63) is 20.8 Å². The summed E-state index contributed by atoms with van der Waals surface area (Å²) in [5, 5.41) is 9.98.